The molecule has 3 N–H and O–H groups in total. The summed E-state index contributed by atoms with van der Waals surface area (Å²) in [4.78, 5) is 4.45. The van der Waals surface area contributed by atoms with Gasteiger partial charge in [0, 0.05) is 11.9 Å². The molecule has 2 heterocycles. The predicted molar refractivity (Wildman–Crippen MR) is 98.0 cm³/mol. The highest BCUT2D eigenvalue weighted by atomic mass is 16.4. The van der Waals surface area contributed by atoms with E-state index in [1.165, 1.54) is 6.20 Å². The lowest BCUT2D eigenvalue weighted by atomic mass is 9.80. The second kappa shape index (κ2) is 6.91. The van der Waals surface area contributed by atoms with Crippen molar-refractivity contribution in [2.45, 2.75) is 6.54 Å². The number of fused-ring (bicyclic) bond motifs is 1. The SMILES string of the molecule is OB(O)c1cccc(CNc2cnnc(-n3ncc4ccccc43)n2)c1. The number of anilines is 1. The summed E-state index contributed by atoms with van der Waals surface area (Å²) in [7, 11) is -1.49. The average Bonchev–Trinajstić information content (AvgIpc) is 3.11. The van der Waals surface area contributed by atoms with E-state index >= 15 is 0 Å². The Morgan fingerprint density at radius 1 is 1.04 bits per heavy atom. The highest BCUT2D eigenvalue weighted by Crippen LogP contribution is 2.16. The topological polar surface area (TPSA) is 109 Å². The zero-order valence-corrected chi connectivity index (χ0v) is 13.7. The minimum Gasteiger partial charge on any atom is -0.423 e. The third-order valence-electron chi connectivity index (χ3n) is 3.94. The third kappa shape index (κ3) is 3.25. The fourth-order valence-corrected chi connectivity index (χ4v) is 2.66. The fourth-order valence-electron chi connectivity index (χ4n) is 2.66. The largest absolute Gasteiger partial charge is 0.488 e. The molecule has 2 aromatic heterocycles. The molecule has 0 fully saturated rings. The Morgan fingerprint density at radius 2 is 1.92 bits per heavy atom. The van der Waals surface area contributed by atoms with Gasteiger partial charge >= 0.3 is 7.12 Å². The van der Waals surface area contributed by atoms with Gasteiger partial charge in [-0.3, -0.25) is 0 Å². The molecule has 8 nitrogen and oxygen atoms in total. The number of benzene rings is 2. The first-order valence-electron chi connectivity index (χ1n) is 8.02. The molecule has 0 unspecified atom stereocenters. The molecule has 0 aliphatic carbocycles. The maximum absolute atomic E-state index is 9.26. The molecule has 0 amide bonds. The molecule has 4 rings (SSSR count). The zero-order chi connectivity index (χ0) is 17.9. The van der Waals surface area contributed by atoms with Crippen LogP contribution in [0.2, 0.25) is 0 Å². The van der Waals surface area contributed by atoms with Gasteiger partial charge in [-0.05, 0) is 17.1 Å². The van der Waals surface area contributed by atoms with Crippen LogP contribution in [0.4, 0.5) is 5.82 Å². The molecule has 2 aromatic carbocycles. The van der Waals surface area contributed by atoms with Crippen molar-refractivity contribution in [1.29, 1.82) is 0 Å². The van der Waals surface area contributed by atoms with Crippen molar-refractivity contribution in [2.24, 2.45) is 0 Å². The lowest BCUT2D eigenvalue weighted by Gasteiger charge is -2.08. The molecule has 0 spiro atoms. The molecule has 0 atom stereocenters. The molecule has 0 bridgehead atoms. The van der Waals surface area contributed by atoms with Crippen molar-refractivity contribution in [1.82, 2.24) is 25.0 Å². The van der Waals surface area contributed by atoms with Crippen LogP contribution in [0.1, 0.15) is 5.56 Å². The van der Waals surface area contributed by atoms with Gasteiger partial charge in [-0.15, -0.1) is 5.10 Å². The normalized spacial score (nSPS) is 10.8. The number of nitrogens with zero attached hydrogens (tertiary/aromatic N) is 5. The summed E-state index contributed by atoms with van der Waals surface area (Å²) in [6.07, 6.45) is 3.28. The number of hydrogen-bond donors (Lipinski definition) is 3. The summed E-state index contributed by atoms with van der Waals surface area (Å²) in [5.41, 5.74) is 2.23. The second-order valence-corrected chi connectivity index (χ2v) is 5.73. The van der Waals surface area contributed by atoms with Crippen molar-refractivity contribution < 1.29 is 10.0 Å². The zero-order valence-electron chi connectivity index (χ0n) is 13.7. The van der Waals surface area contributed by atoms with Crippen molar-refractivity contribution in [3.63, 3.8) is 0 Å². The standard InChI is InChI=1S/C17H15BN6O2/c25-18(26)14-6-3-4-12(8-14)9-19-16-11-20-23-17(22-16)24-15-7-2-1-5-13(15)10-21-24/h1-8,10-11,25-26H,9H2,(H,19,22,23). The first-order valence-corrected chi connectivity index (χ1v) is 8.02. The van der Waals surface area contributed by atoms with Gasteiger partial charge in [0.15, 0.2) is 5.82 Å². The van der Waals surface area contributed by atoms with Crippen LogP contribution in [0.5, 0.6) is 0 Å². The Balaban J connectivity index is 1.56. The van der Waals surface area contributed by atoms with Crippen LogP contribution in [-0.2, 0) is 6.54 Å². The highest BCUT2D eigenvalue weighted by molar-refractivity contribution is 6.58. The minimum atomic E-state index is -1.49. The van der Waals surface area contributed by atoms with Gasteiger partial charge in [-0.25, -0.2) is 0 Å². The Hall–Kier alpha value is -3.30. The summed E-state index contributed by atoms with van der Waals surface area (Å²) in [5.74, 6) is 0.917. The Labute approximate surface area is 149 Å². The molecule has 128 valence electrons. The molecule has 26 heavy (non-hydrogen) atoms. The molecule has 4 aromatic rings. The van der Waals surface area contributed by atoms with Gasteiger partial charge in [0.25, 0.3) is 5.95 Å². The smallest absolute Gasteiger partial charge is 0.423 e. The molecule has 0 radical (unpaired) electrons. The van der Waals surface area contributed by atoms with Crippen LogP contribution in [-0.4, -0.2) is 42.1 Å². The maximum Gasteiger partial charge on any atom is 0.488 e. The molecule has 0 aliphatic rings. The molecule has 9 heteroatoms. The van der Waals surface area contributed by atoms with E-state index < -0.39 is 7.12 Å². The Bertz CT molecular complexity index is 1050. The lowest BCUT2D eigenvalue weighted by Crippen LogP contribution is -2.30. The quantitative estimate of drug-likeness (QED) is 0.452. The lowest BCUT2D eigenvalue weighted by molar-refractivity contribution is 0.425. The number of rotatable bonds is 5. The van der Waals surface area contributed by atoms with Gasteiger partial charge in [0.1, 0.15) is 0 Å². The van der Waals surface area contributed by atoms with Gasteiger partial charge < -0.3 is 15.4 Å². The molecule has 0 aliphatic heterocycles. The molecule has 0 saturated heterocycles. The molecule has 0 saturated carbocycles. The minimum absolute atomic E-state index is 0.371. The predicted octanol–water partition coefficient (Wildman–Crippen LogP) is 0.502. The van der Waals surface area contributed by atoms with E-state index in [4.69, 9.17) is 0 Å². The van der Waals surface area contributed by atoms with E-state index in [0.29, 0.717) is 23.8 Å². The fraction of sp³-hybridized carbons (Fsp3) is 0.0588. The van der Waals surface area contributed by atoms with Crippen molar-refractivity contribution >= 4 is 29.3 Å². The van der Waals surface area contributed by atoms with Crippen LogP contribution >= 0.6 is 0 Å². The van der Waals surface area contributed by atoms with E-state index in [9.17, 15) is 10.0 Å². The summed E-state index contributed by atoms with van der Waals surface area (Å²) in [6, 6.07) is 14.8. The summed E-state index contributed by atoms with van der Waals surface area (Å²) in [5, 5.41) is 35.0. The summed E-state index contributed by atoms with van der Waals surface area (Å²) >= 11 is 0. The maximum atomic E-state index is 9.26. The van der Waals surface area contributed by atoms with Crippen molar-refractivity contribution in [3.8, 4) is 5.95 Å². The van der Waals surface area contributed by atoms with Gasteiger partial charge in [0.05, 0.1) is 17.9 Å². The van der Waals surface area contributed by atoms with E-state index in [1.54, 1.807) is 29.1 Å². The van der Waals surface area contributed by atoms with Crippen LogP contribution in [0.25, 0.3) is 16.9 Å². The summed E-state index contributed by atoms with van der Waals surface area (Å²) < 4.78 is 1.64. The number of aromatic nitrogens is 5. The third-order valence-corrected chi connectivity index (χ3v) is 3.94. The first kappa shape index (κ1) is 16.2. The van der Waals surface area contributed by atoms with Gasteiger partial charge in [-0.2, -0.15) is 19.9 Å². The Kier molecular flexibility index (Phi) is 4.30. The number of para-hydroxylation sites is 1. The van der Waals surface area contributed by atoms with E-state index in [1.807, 2.05) is 30.3 Å². The second-order valence-electron chi connectivity index (χ2n) is 5.73. The average molecular weight is 346 g/mol. The molecular formula is C17H15BN6O2. The van der Waals surface area contributed by atoms with E-state index in [2.05, 4.69) is 25.6 Å². The number of hydrogen-bond acceptors (Lipinski definition) is 7. The number of nitrogens with one attached hydrogen (secondary N) is 1. The van der Waals surface area contributed by atoms with Gasteiger partial charge in [0.2, 0.25) is 0 Å². The molecular weight excluding hydrogens is 331 g/mol. The van der Waals surface area contributed by atoms with Crippen LogP contribution in [0.15, 0.2) is 60.9 Å². The van der Waals surface area contributed by atoms with Crippen molar-refractivity contribution in [2.75, 3.05) is 5.32 Å². The highest BCUT2D eigenvalue weighted by Gasteiger charge is 2.11. The van der Waals surface area contributed by atoms with Gasteiger partial charge in [-0.1, -0.05) is 42.5 Å². The monoisotopic (exact) mass is 346 g/mol. The van der Waals surface area contributed by atoms with E-state index in [0.717, 1.165) is 16.5 Å². The van der Waals surface area contributed by atoms with Crippen molar-refractivity contribution in [3.05, 3.63) is 66.5 Å². The van der Waals surface area contributed by atoms with Crippen LogP contribution < -0.4 is 10.8 Å². The van der Waals surface area contributed by atoms with Crippen LogP contribution in [0.3, 0.4) is 0 Å². The van der Waals surface area contributed by atoms with Crippen LogP contribution in [0, 0.1) is 0 Å². The Morgan fingerprint density at radius 3 is 2.81 bits per heavy atom. The summed E-state index contributed by atoms with van der Waals surface area (Å²) in [6.45, 7) is 0.457. The first-order chi connectivity index (χ1) is 12.7. The van der Waals surface area contributed by atoms with E-state index in [-0.39, 0.29) is 0 Å².